The summed E-state index contributed by atoms with van der Waals surface area (Å²) in [6, 6.07) is 9.07. The van der Waals surface area contributed by atoms with Crippen LogP contribution in [0.15, 0.2) is 35.1 Å². The molecule has 11 nitrogen and oxygen atoms in total. The number of ether oxygens (including phenoxy) is 4. The number of fused-ring (bicyclic) bond motifs is 1. The molecule has 1 aromatic carbocycles. The van der Waals surface area contributed by atoms with E-state index in [1.165, 1.54) is 7.11 Å². The minimum Gasteiger partial charge on any atom is -0.481 e. The van der Waals surface area contributed by atoms with E-state index in [-0.39, 0.29) is 23.5 Å². The van der Waals surface area contributed by atoms with Gasteiger partial charge in [0.15, 0.2) is 0 Å². The molecule has 5 rings (SSSR count). The van der Waals surface area contributed by atoms with Gasteiger partial charge in [0.1, 0.15) is 17.6 Å². The summed E-state index contributed by atoms with van der Waals surface area (Å²) in [5.41, 5.74) is 7.73. The van der Waals surface area contributed by atoms with Crippen molar-refractivity contribution in [1.29, 1.82) is 0 Å². The summed E-state index contributed by atoms with van der Waals surface area (Å²) in [5.74, 6) is 0.289. The van der Waals surface area contributed by atoms with E-state index < -0.39 is 5.91 Å². The molecule has 2 aliphatic heterocycles. The van der Waals surface area contributed by atoms with Crippen LogP contribution in [0.2, 0.25) is 0 Å². The number of anilines is 1. The minimum atomic E-state index is -0.630. The highest BCUT2D eigenvalue weighted by Crippen LogP contribution is 2.30. The van der Waals surface area contributed by atoms with E-state index in [9.17, 15) is 9.59 Å². The van der Waals surface area contributed by atoms with Gasteiger partial charge in [-0.1, -0.05) is 6.07 Å². The summed E-state index contributed by atoms with van der Waals surface area (Å²) < 4.78 is 23.8. The maximum absolute atomic E-state index is 13.6. The molecule has 0 bridgehead atoms. The van der Waals surface area contributed by atoms with Crippen molar-refractivity contribution in [3.63, 3.8) is 0 Å². The summed E-state index contributed by atoms with van der Waals surface area (Å²) in [5, 5.41) is 0.544. The smallest absolute Gasteiger partial charge is 0.267 e. The van der Waals surface area contributed by atoms with Crippen LogP contribution >= 0.6 is 0 Å². The molecule has 0 radical (unpaired) electrons. The van der Waals surface area contributed by atoms with E-state index >= 15 is 0 Å². The molecule has 2 aromatic heterocycles. The molecule has 4 heterocycles. The maximum Gasteiger partial charge on any atom is 0.267 e. The third kappa shape index (κ3) is 5.15. The Morgan fingerprint density at radius 2 is 2.00 bits per heavy atom. The zero-order chi connectivity index (χ0) is 25.9. The van der Waals surface area contributed by atoms with Crippen LogP contribution in [-0.2, 0) is 27.2 Å². The average Bonchev–Trinajstić information content (AvgIpc) is 2.87. The first-order valence-electron chi connectivity index (χ1n) is 12.3. The van der Waals surface area contributed by atoms with Gasteiger partial charge in [-0.05, 0) is 30.7 Å². The Morgan fingerprint density at radius 3 is 2.70 bits per heavy atom. The van der Waals surface area contributed by atoms with Crippen LogP contribution < -0.4 is 20.9 Å². The van der Waals surface area contributed by atoms with Crippen molar-refractivity contribution < 1.29 is 23.7 Å². The molecular formula is C26H31N5O6. The Morgan fingerprint density at radius 1 is 1.16 bits per heavy atom. The van der Waals surface area contributed by atoms with Gasteiger partial charge in [-0.15, -0.1) is 0 Å². The van der Waals surface area contributed by atoms with E-state index in [1.807, 2.05) is 18.2 Å². The number of hydrogen-bond donors (Lipinski definition) is 1. The van der Waals surface area contributed by atoms with E-state index in [0.29, 0.717) is 61.9 Å². The largest absolute Gasteiger partial charge is 0.481 e. The van der Waals surface area contributed by atoms with Gasteiger partial charge in [-0.25, -0.2) is 9.97 Å². The molecule has 2 fully saturated rings. The Hall–Kier alpha value is -3.54. The lowest BCUT2D eigenvalue weighted by Crippen LogP contribution is -2.44. The predicted octanol–water partition coefficient (Wildman–Crippen LogP) is 1.45. The van der Waals surface area contributed by atoms with Crippen LogP contribution in [0.25, 0.3) is 10.9 Å². The fourth-order valence-electron chi connectivity index (χ4n) is 4.77. The first-order valence-corrected chi connectivity index (χ1v) is 12.3. The van der Waals surface area contributed by atoms with Gasteiger partial charge in [0.05, 0.1) is 43.9 Å². The van der Waals surface area contributed by atoms with Crippen molar-refractivity contribution in [3.05, 3.63) is 57.8 Å². The zero-order valence-corrected chi connectivity index (χ0v) is 21.0. The van der Waals surface area contributed by atoms with Crippen LogP contribution in [0, 0.1) is 0 Å². The van der Waals surface area contributed by atoms with Crippen LogP contribution in [0.4, 0.5) is 5.69 Å². The molecule has 2 N–H and O–H groups in total. The topological polar surface area (TPSA) is 131 Å². The third-order valence-corrected chi connectivity index (χ3v) is 6.80. The molecule has 1 amide bonds. The second-order valence-electron chi connectivity index (χ2n) is 9.15. The number of primary amides is 1. The summed E-state index contributed by atoms with van der Waals surface area (Å²) in [6.07, 6.45) is 1.03. The fourth-order valence-corrected chi connectivity index (χ4v) is 4.77. The standard InChI is InChI=1S/C26H31N5O6/c1-34-15-18-14-30(10-12-36-18)17-4-5-19-21(13-17)28-24(22-8-11-37-22)31(26(19)33)9-7-16-3-6-20(23(27)32)29-25(16)35-2/h3-6,13,18,22H,7-12,14-15H2,1-2H3,(H2,27,32)/t18-,22+/m1/s1. The van der Waals surface area contributed by atoms with Crippen LogP contribution in [0.1, 0.15) is 34.4 Å². The second-order valence-corrected chi connectivity index (χ2v) is 9.15. The van der Waals surface area contributed by atoms with Gasteiger partial charge in [0, 0.05) is 44.4 Å². The van der Waals surface area contributed by atoms with Crippen LogP contribution in [0.5, 0.6) is 5.88 Å². The molecular weight excluding hydrogens is 478 g/mol. The summed E-state index contributed by atoms with van der Waals surface area (Å²) in [6.45, 7) is 3.60. The number of rotatable bonds is 9. The predicted molar refractivity (Wildman–Crippen MR) is 136 cm³/mol. The maximum atomic E-state index is 13.6. The molecule has 2 saturated heterocycles. The number of carbonyl (C=O) groups is 1. The molecule has 0 aliphatic carbocycles. The first kappa shape index (κ1) is 25.1. The highest BCUT2D eigenvalue weighted by molar-refractivity contribution is 5.90. The number of aromatic nitrogens is 3. The van der Waals surface area contributed by atoms with E-state index in [1.54, 1.807) is 23.8 Å². The Kier molecular flexibility index (Phi) is 7.36. The van der Waals surface area contributed by atoms with E-state index in [4.69, 9.17) is 29.7 Å². The van der Waals surface area contributed by atoms with Crippen LogP contribution in [0.3, 0.4) is 0 Å². The number of methoxy groups -OCH3 is 2. The monoisotopic (exact) mass is 509 g/mol. The number of nitrogens with zero attached hydrogens (tertiary/aromatic N) is 4. The second kappa shape index (κ2) is 10.8. The molecule has 2 atom stereocenters. The normalized spacial score (nSPS) is 19.6. The lowest BCUT2D eigenvalue weighted by Gasteiger charge is -2.34. The van der Waals surface area contributed by atoms with Crippen molar-refractivity contribution in [2.24, 2.45) is 5.73 Å². The number of morpholine rings is 1. The van der Waals surface area contributed by atoms with E-state index in [0.717, 1.165) is 24.2 Å². The van der Waals surface area contributed by atoms with Gasteiger partial charge < -0.3 is 29.6 Å². The number of pyridine rings is 1. The van der Waals surface area contributed by atoms with Gasteiger partial charge in [0.2, 0.25) is 5.88 Å². The lowest BCUT2D eigenvalue weighted by molar-refractivity contribution is -0.0604. The highest BCUT2D eigenvalue weighted by Gasteiger charge is 2.27. The highest BCUT2D eigenvalue weighted by atomic mass is 16.5. The Labute approximate surface area is 214 Å². The van der Waals surface area contributed by atoms with Crippen molar-refractivity contribution in [3.8, 4) is 5.88 Å². The SMILES string of the molecule is COC[C@H]1CN(c2ccc3c(=O)n(CCc4ccc(C(N)=O)nc4OC)c([C@@H]4CCO4)nc3c2)CCO1. The number of benzene rings is 1. The number of aryl methyl sites for hydroxylation is 1. The first-order chi connectivity index (χ1) is 18.0. The van der Waals surface area contributed by atoms with Crippen molar-refractivity contribution in [2.75, 3.05) is 52.0 Å². The molecule has 11 heteroatoms. The lowest BCUT2D eigenvalue weighted by atomic mass is 10.1. The Balaban J connectivity index is 1.46. The average molecular weight is 510 g/mol. The third-order valence-electron chi connectivity index (χ3n) is 6.80. The number of hydrogen-bond acceptors (Lipinski definition) is 9. The number of carbonyl (C=O) groups excluding carboxylic acids is 1. The molecule has 196 valence electrons. The molecule has 2 aliphatic rings. The number of nitrogens with two attached hydrogens (primary N) is 1. The summed E-state index contributed by atoms with van der Waals surface area (Å²) in [4.78, 5) is 36.5. The molecule has 3 aromatic rings. The van der Waals surface area contributed by atoms with Crippen LogP contribution in [-0.4, -0.2) is 73.7 Å². The fraction of sp³-hybridized carbons (Fsp3) is 0.462. The van der Waals surface area contributed by atoms with Gasteiger partial charge >= 0.3 is 0 Å². The Bertz CT molecular complexity index is 1350. The zero-order valence-electron chi connectivity index (χ0n) is 21.0. The minimum absolute atomic E-state index is 0.00198. The van der Waals surface area contributed by atoms with Crippen molar-refractivity contribution >= 4 is 22.5 Å². The molecule has 0 spiro atoms. The van der Waals surface area contributed by atoms with Crippen molar-refractivity contribution in [2.45, 2.75) is 31.6 Å². The molecule has 37 heavy (non-hydrogen) atoms. The molecule has 0 unspecified atom stereocenters. The van der Waals surface area contributed by atoms with Gasteiger partial charge in [0.25, 0.3) is 11.5 Å². The summed E-state index contributed by atoms with van der Waals surface area (Å²) in [7, 11) is 3.15. The van der Waals surface area contributed by atoms with Gasteiger partial charge in [-0.2, -0.15) is 0 Å². The van der Waals surface area contributed by atoms with E-state index in [2.05, 4.69) is 9.88 Å². The summed E-state index contributed by atoms with van der Waals surface area (Å²) >= 11 is 0. The quantitative estimate of drug-likeness (QED) is 0.455. The molecule has 0 saturated carbocycles. The van der Waals surface area contributed by atoms with Gasteiger partial charge in [-0.3, -0.25) is 14.2 Å². The number of amides is 1. The van der Waals surface area contributed by atoms with Crippen molar-refractivity contribution in [1.82, 2.24) is 14.5 Å².